The van der Waals surface area contributed by atoms with Crippen LogP contribution in [0.2, 0.25) is 0 Å². The van der Waals surface area contributed by atoms with Crippen molar-refractivity contribution in [3.8, 4) is 51.9 Å². The van der Waals surface area contributed by atoms with Gasteiger partial charge in [-0.3, -0.25) is 9.11 Å². The molecule has 0 saturated heterocycles. The molecule has 0 fully saturated rings. The molecule has 0 aliphatic heterocycles. The Labute approximate surface area is 492 Å². The normalized spacial score (nSPS) is 11.3. The van der Waals surface area contributed by atoms with Crippen molar-refractivity contribution in [2.75, 3.05) is 79.4 Å². The maximum atomic E-state index is 12.1. The Hall–Kier alpha value is -8.68. The van der Waals surface area contributed by atoms with Crippen LogP contribution >= 0.6 is 34.8 Å². The van der Waals surface area contributed by atoms with Crippen LogP contribution in [0.1, 0.15) is 49.9 Å². The first kappa shape index (κ1) is 61.9. The summed E-state index contributed by atoms with van der Waals surface area (Å²) in [6.45, 7) is 12.6. The number of benzene rings is 5. The van der Waals surface area contributed by atoms with Gasteiger partial charge < -0.3 is 46.1 Å². The van der Waals surface area contributed by atoms with Crippen molar-refractivity contribution < 1.29 is 40.2 Å². The third-order valence-corrected chi connectivity index (χ3v) is 16.7. The topological polar surface area (TPSA) is 356 Å². The molecule has 83 heavy (non-hydrogen) atoms. The molecule has 29 heteroatoms. The lowest BCUT2D eigenvalue weighted by molar-refractivity contribution is 0.397. The van der Waals surface area contributed by atoms with Crippen LogP contribution in [-0.4, -0.2) is 97.1 Å². The predicted octanol–water partition coefficient (Wildman–Crippen LogP) is 11.4. The number of nitrogens with one attached hydrogen (secondary N) is 2. The average molecular weight is 1220 g/mol. The first-order valence-electron chi connectivity index (χ1n) is 25.1. The number of thioether (sulfide) groups is 1. The number of nitriles is 2. The zero-order chi connectivity index (χ0) is 60.2. The van der Waals surface area contributed by atoms with Crippen LogP contribution in [0.15, 0.2) is 116 Å². The first-order valence-corrected chi connectivity index (χ1v) is 30.5. The Morgan fingerprint density at radius 1 is 0.651 bits per heavy atom. The highest BCUT2D eigenvalue weighted by Gasteiger charge is 2.24. The highest BCUT2D eigenvalue weighted by molar-refractivity contribution is 7.98. The molecule has 432 valence electrons. The van der Waals surface area contributed by atoms with Crippen LogP contribution in [0.5, 0.6) is 17.2 Å². The van der Waals surface area contributed by atoms with E-state index in [2.05, 4.69) is 59.3 Å². The number of nitrogens with zero attached hydrogens (tertiary/aromatic N) is 11. The molecule has 8 aromatic rings. The summed E-state index contributed by atoms with van der Waals surface area (Å²) in [6, 6.07) is 29.8. The fourth-order valence-corrected chi connectivity index (χ4v) is 11.8. The lowest BCUT2D eigenvalue weighted by Gasteiger charge is -2.25. The Bertz CT molecular complexity index is 3990. The number of nitrogens with two attached hydrogens (primary N) is 2. The van der Waals surface area contributed by atoms with Crippen molar-refractivity contribution in [3.63, 3.8) is 0 Å². The Morgan fingerprint density at radius 2 is 1.18 bits per heavy atom. The number of nitrogen functional groups attached to an aromatic ring is 2. The van der Waals surface area contributed by atoms with E-state index in [4.69, 9.17) is 45.9 Å². The molecule has 0 spiro atoms. The second-order valence-electron chi connectivity index (χ2n) is 17.5. The van der Waals surface area contributed by atoms with E-state index in [1.807, 2.05) is 62.4 Å². The smallest absolute Gasteiger partial charge is 0.298 e. The third-order valence-electron chi connectivity index (χ3n) is 12.5. The van der Waals surface area contributed by atoms with E-state index >= 15 is 0 Å². The molecule has 8 N–H and O–H groups in total. The summed E-state index contributed by atoms with van der Waals surface area (Å²) in [5, 5.41) is 35.9. The van der Waals surface area contributed by atoms with Gasteiger partial charge in [-0.1, -0.05) is 54.2 Å². The van der Waals surface area contributed by atoms with Crippen molar-refractivity contribution in [1.82, 2.24) is 23.7 Å². The number of azo groups is 1. The number of anilines is 8. The zero-order valence-corrected chi connectivity index (χ0v) is 50.1. The Kier molecular flexibility index (Phi) is 20.4. The molecule has 3 heterocycles. The van der Waals surface area contributed by atoms with E-state index in [9.17, 15) is 31.2 Å². The summed E-state index contributed by atoms with van der Waals surface area (Å²) in [5.41, 5.74) is 18.4. The van der Waals surface area contributed by atoms with Crippen molar-refractivity contribution in [2.45, 2.75) is 55.3 Å². The van der Waals surface area contributed by atoms with E-state index in [0.717, 1.165) is 53.1 Å². The minimum atomic E-state index is -4.53. The minimum absolute atomic E-state index is 0.00189. The monoisotopic (exact) mass is 1220 g/mol. The summed E-state index contributed by atoms with van der Waals surface area (Å²) < 4.78 is 90.6. The number of hydrogen-bond donors (Lipinski definition) is 6. The highest BCUT2D eigenvalue weighted by atomic mass is 32.2. The van der Waals surface area contributed by atoms with Crippen molar-refractivity contribution in [1.29, 1.82) is 10.5 Å². The van der Waals surface area contributed by atoms with E-state index in [1.54, 1.807) is 39.3 Å². The van der Waals surface area contributed by atoms with Gasteiger partial charge in [-0.05, 0) is 105 Å². The van der Waals surface area contributed by atoms with Crippen molar-refractivity contribution in [3.05, 3.63) is 113 Å². The van der Waals surface area contributed by atoms with E-state index < -0.39 is 25.1 Å². The van der Waals surface area contributed by atoms with E-state index in [1.165, 1.54) is 49.2 Å². The molecule has 0 aliphatic carbocycles. The number of aryl methyl sites for hydroxylation is 1. The molecule has 3 aromatic heterocycles. The lowest BCUT2D eigenvalue weighted by atomic mass is 10.1. The second kappa shape index (κ2) is 27.4. The Balaban J connectivity index is 0.000000415. The van der Waals surface area contributed by atoms with Crippen LogP contribution in [-0.2, 0) is 26.0 Å². The van der Waals surface area contributed by atoms with Crippen molar-refractivity contribution in [2.24, 2.45) is 10.2 Å². The van der Waals surface area contributed by atoms with Gasteiger partial charge in [-0.2, -0.15) is 51.1 Å². The van der Waals surface area contributed by atoms with Gasteiger partial charge in [-0.25, -0.2) is 0 Å². The summed E-state index contributed by atoms with van der Waals surface area (Å²) >= 11 is 3.28. The molecule has 0 aliphatic rings. The molecule has 0 atom stereocenters. The van der Waals surface area contributed by atoms with Gasteiger partial charge >= 0.3 is 0 Å². The van der Waals surface area contributed by atoms with Gasteiger partial charge in [0.25, 0.3) is 20.2 Å². The van der Waals surface area contributed by atoms with Crippen LogP contribution in [0.25, 0.3) is 22.5 Å². The van der Waals surface area contributed by atoms with Gasteiger partial charge in [0.05, 0.1) is 54.7 Å². The highest BCUT2D eigenvalue weighted by Crippen LogP contribution is 2.43. The SMILES string of the molecule is CCN(CC)c1cc(Nc2nc(Nc3cc(N(CC)CC)c(OC)cc3N=Nc3snc(-c4ccc(C)c(S(=O)(=O)O)c4)c3C#N)nc(SCc3ccccc3)n2)c(N)cc1OC.COc1ccc(-c2nsc(N)c2C#N)cc1S(=O)(=O)O. The van der Waals surface area contributed by atoms with Crippen LogP contribution in [0.4, 0.5) is 56.0 Å². The summed E-state index contributed by atoms with van der Waals surface area (Å²) in [5.74, 6) is 2.18. The zero-order valence-electron chi connectivity index (χ0n) is 46.1. The molecule has 24 nitrogen and oxygen atoms in total. The van der Waals surface area contributed by atoms with E-state index in [0.29, 0.717) is 74.9 Å². The Morgan fingerprint density at radius 3 is 1.75 bits per heavy atom. The summed E-state index contributed by atoms with van der Waals surface area (Å²) in [7, 11) is -4.52. The molecule has 5 aromatic carbocycles. The molecule has 0 unspecified atom stereocenters. The molecular formula is C54H57N15O9S5. The summed E-state index contributed by atoms with van der Waals surface area (Å²) in [4.78, 5) is 18.0. The maximum Gasteiger partial charge on any atom is 0.298 e. The average Bonchev–Trinajstić information content (AvgIpc) is 4.31. The quantitative estimate of drug-likeness (QED) is 0.0159. The second-order valence-corrected chi connectivity index (χ2v) is 22.8. The fourth-order valence-electron chi connectivity index (χ4n) is 8.28. The number of aromatic nitrogens is 5. The molecule has 0 amide bonds. The third kappa shape index (κ3) is 14.7. The number of rotatable bonds is 22. The standard InChI is InChI=1S/C43H48N12O5S3.C11H9N3O4S2/c1-8-54(9-2)34-21-31(30(45)20-36(34)59-6)46-41-48-42(50-43(49-41)61-25-27-15-13-12-14-16-27)47-32-22-35(55(10-3)11-4)37(60-7)23-33(32)51-52-40-29(24-44)39(53-62-40)28-18-17-26(5)38(19-28)63(56,57)58;1-18-8-3-2-6(4-9(8)20(15,16)17)10-7(5-12)11(13)19-14-10/h12-23H,8-11,25,45H2,1-7H3,(H,56,57,58)(H2,46,47,48,49,50);2-4H,13H2,1H3,(H,15,16,17). The summed E-state index contributed by atoms with van der Waals surface area (Å²) in [6.07, 6.45) is 0. The molecule has 0 saturated carbocycles. The molecular weight excluding hydrogens is 1160 g/mol. The number of methoxy groups -OCH3 is 3. The fraction of sp³-hybridized carbons (Fsp3) is 0.241. The maximum absolute atomic E-state index is 12.1. The molecule has 0 radical (unpaired) electrons. The van der Waals surface area contributed by atoms with Gasteiger partial charge in [0.15, 0.2) is 10.2 Å². The van der Waals surface area contributed by atoms with Gasteiger partial charge in [0.1, 0.15) is 67.5 Å². The number of ether oxygens (including phenoxy) is 3. The van der Waals surface area contributed by atoms with E-state index in [-0.39, 0.29) is 55.1 Å². The van der Waals surface area contributed by atoms with Gasteiger partial charge in [0.2, 0.25) is 11.9 Å². The van der Waals surface area contributed by atoms with Gasteiger partial charge in [0, 0.05) is 55.2 Å². The predicted molar refractivity (Wildman–Crippen MR) is 324 cm³/mol. The van der Waals surface area contributed by atoms with Crippen LogP contribution < -0.4 is 46.1 Å². The van der Waals surface area contributed by atoms with Crippen LogP contribution in [0.3, 0.4) is 0 Å². The van der Waals surface area contributed by atoms with Crippen molar-refractivity contribution >= 4 is 111 Å². The lowest BCUT2D eigenvalue weighted by Crippen LogP contribution is -2.22. The molecule has 8 rings (SSSR count). The molecule has 0 bridgehead atoms. The van der Waals surface area contributed by atoms with Crippen LogP contribution in [0, 0.1) is 29.6 Å². The largest absolute Gasteiger partial charge is 0.495 e. The first-order chi connectivity index (χ1) is 39.7. The minimum Gasteiger partial charge on any atom is -0.495 e. The number of hydrogen-bond acceptors (Lipinski definition) is 25. The van der Waals surface area contributed by atoms with Gasteiger partial charge in [-0.15, -0.1) is 10.2 Å².